The van der Waals surface area contributed by atoms with Gasteiger partial charge in [0, 0.05) is 7.62 Å². The first kappa shape index (κ1) is 7.22. The summed E-state index contributed by atoms with van der Waals surface area (Å²) in [4.78, 5) is 14.1. The van der Waals surface area contributed by atoms with Crippen molar-refractivity contribution in [1.29, 1.82) is 5.26 Å². The van der Waals surface area contributed by atoms with Gasteiger partial charge in [-0.05, 0) is 12.1 Å². The molecule has 1 heterocycles. The Bertz CT molecular complexity index is 314. The molecule has 1 amide bonds. The van der Waals surface area contributed by atoms with Crippen molar-refractivity contribution in [2.45, 2.75) is 0 Å². The molecule has 0 atom stereocenters. The molecule has 1 rings (SSSR count). The van der Waals surface area contributed by atoms with E-state index in [1.807, 2.05) is 6.07 Å². The zero-order valence-electron chi connectivity index (χ0n) is 5.61. The minimum atomic E-state index is -0.588. The van der Waals surface area contributed by atoms with Gasteiger partial charge < -0.3 is 5.73 Å². The third kappa shape index (κ3) is 1.52. The van der Waals surface area contributed by atoms with Gasteiger partial charge in [-0.2, -0.15) is 5.26 Å². The third-order valence-electron chi connectivity index (χ3n) is 1.15. The summed E-state index contributed by atoms with van der Waals surface area (Å²) in [5, 5.41) is 8.36. The maximum atomic E-state index is 10.5. The fourth-order valence-corrected chi connectivity index (χ4v) is 0.606. The lowest BCUT2D eigenvalue weighted by molar-refractivity contribution is 0.0995. The minimum Gasteiger partial charge on any atom is -0.364 e. The monoisotopic (exact) mass is 149 g/mol. The highest BCUT2D eigenvalue weighted by atomic mass is 16.1. The number of nitriles is 1. The number of rotatable bonds is 1. The topological polar surface area (TPSA) is 79.8 Å². The lowest BCUT2D eigenvalue weighted by atomic mass is 10.2. The van der Waals surface area contributed by atoms with E-state index in [9.17, 15) is 4.79 Å². The largest absolute Gasteiger partial charge is 0.364 e. The summed E-state index contributed by atoms with van der Waals surface area (Å²) in [6.45, 7) is 0. The molecule has 0 radical (unpaired) electrons. The number of pyridine rings is 1. The van der Waals surface area contributed by atoms with E-state index in [4.69, 9.17) is 11.0 Å². The number of amides is 1. The quantitative estimate of drug-likeness (QED) is 0.623. The fraction of sp³-hybridized carbons (Fsp3) is 0. The number of carbonyl (C=O) groups is 1. The summed E-state index contributed by atoms with van der Waals surface area (Å²) in [6, 6.07) is 4.79. The van der Waals surface area contributed by atoms with E-state index in [1.165, 1.54) is 18.3 Å². The van der Waals surface area contributed by atoms with Crippen LogP contribution >= 0.6 is 0 Å². The lowest BCUT2D eigenvalue weighted by Gasteiger charge is -1.91. The Kier molecular flexibility index (Phi) is 1.83. The molecule has 0 aromatic carbocycles. The van der Waals surface area contributed by atoms with Gasteiger partial charge in [-0.25, -0.2) is 4.98 Å². The highest BCUT2D eigenvalue weighted by Gasteiger charge is 1.99. The molecular formula is C7H7N3O. The number of hydrogen-bond donors (Lipinski definition) is 1. The van der Waals surface area contributed by atoms with E-state index in [0.717, 1.165) is 0 Å². The standard InChI is InChI=1S/C7H5N3O.H2/c8-3-5-1-2-6(7(9)11)10-4-5;/h1-2,4H,(H2,9,11);1H. The van der Waals surface area contributed by atoms with Gasteiger partial charge in [-0.1, -0.05) is 0 Å². The average molecular weight is 149 g/mol. The van der Waals surface area contributed by atoms with Crippen LogP contribution in [0.4, 0.5) is 0 Å². The second kappa shape index (κ2) is 2.80. The molecule has 4 heteroatoms. The van der Waals surface area contributed by atoms with E-state index < -0.39 is 5.91 Å². The maximum absolute atomic E-state index is 10.5. The molecule has 0 aliphatic heterocycles. The van der Waals surface area contributed by atoms with Gasteiger partial charge in [0.15, 0.2) is 0 Å². The Morgan fingerprint density at radius 3 is 2.82 bits per heavy atom. The van der Waals surface area contributed by atoms with Crippen LogP contribution in [0.1, 0.15) is 17.5 Å². The third-order valence-corrected chi connectivity index (χ3v) is 1.15. The molecule has 2 N–H and O–H groups in total. The highest BCUT2D eigenvalue weighted by molar-refractivity contribution is 5.90. The Balaban J connectivity index is 0.00000121. The van der Waals surface area contributed by atoms with Gasteiger partial charge in [0.05, 0.1) is 5.56 Å². The fourth-order valence-electron chi connectivity index (χ4n) is 0.606. The van der Waals surface area contributed by atoms with Gasteiger partial charge in [0.1, 0.15) is 11.8 Å². The Morgan fingerprint density at radius 2 is 2.45 bits per heavy atom. The zero-order valence-corrected chi connectivity index (χ0v) is 5.61. The van der Waals surface area contributed by atoms with E-state index in [1.54, 1.807) is 0 Å². The van der Waals surface area contributed by atoms with Gasteiger partial charge in [0.25, 0.3) is 5.91 Å². The van der Waals surface area contributed by atoms with Crippen LogP contribution in [-0.2, 0) is 0 Å². The van der Waals surface area contributed by atoms with Crippen LogP contribution in [0.3, 0.4) is 0 Å². The van der Waals surface area contributed by atoms with Crippen molar-refractivity contribution in [2.75, 3.05) is 0 Å². The molecule has 0 bridgehead atoms. The van der Waals surface area contributed by atoms with E-state index >= 15 is 0 Å². The second-order valence-corrected chi connectivity index (χ2v) is 1.91. The minimum absolute atomic E-state index is 0. The first-order chi connectivity index (χ1) is 5.24. The SMILES string of the molecule is N#Cc1ccc(C(N)=O)nc1.[HH]. The summed E-state index contributed by atoms with van der Waals surface area (Å²) in [7, 11) is 0. The number of aromatic nitrogens is 1. The Morgan fingerprint density at radius 1 is 1.73 bits per heavy atom. The van der Waals surface area contributed by atoms with Gasteiger partial charge in [0.2, 0.25) is 0 Å². The first-order valence-corrected chi connectivity index (χ1v) is 2.90. The zero-order chi connectivity index (χ0) is 8.27. The van der Waals surface area contributed by atoms with Crippen molar-refractivity contribution < 1.29 is 6.22 Å². The van der Waals surface area contributed by atoms with Crippen molar-refractivity contribution in [1.82, 2.24) is 4.98 Å². The Hall–Kier alpha value is -1.89. The molecule has 0 saturated carbocycles. The molecule has 0 aliphatic rings. The lowest BCUT2D eigenvalue weighted by Crippen LogP contribution is -2.12. The van der Waals surface area contributed by atoms with Crippen molar-refractivity contribution in [3.8, 4) is 6.07 Å². The van der Waals surface area contributed by atoms with Crippen molar-refractivity contribution >= 4 is 5.91 Å². The summed E-state index contributed by atoms with van der Waals surface area (Å²) in [6.07, 6.45) is 1.31. The van der Waals surface area contributed by atoms with Crippen LogP contribution in [0.2, 0.25) is 0 Å². The predicted octanol–water partition coefficient (Wildman–Crippen LogP) is 0.298. The number of nitrogens with two attached hydrogens (primary N) is 1. The van der Waals surface area contributed by atoms with E-state index in [2.05, 4.69) is 4.98 Å². The van der Waals surface area contributed by atoms with Crippen LogP contribution in [0.25, 0.3) is 0 Å². The van der Waals surface area contributed by atoms with Crippen LogP contribution < -0.4 is 5.73 Å². The van der Waals surface area contributed by atoms with E-state index in [0.29, 0.717) is 5.56 Å². The molecule has 4 nitrogen and oxygen atoms in total. The molecule has 0 unspecified atom stereocenters. The van der Waals surface area contributed by atoms with Gasteiger partial charge in [-0.3, -0.25) is 4.79 Å². The molecule has 11 heavy (non-hydrogen) atoms. The van der Waals surface area contributed by atoms with Crippen LogP contribution in [-0.4, -0.2) is 10.9 Å². The average Bonchev–Trinajstić information content (AvgIpc) is 2.05. The molecule has 0 aliphatic carbocycles. The smallest absolute Gasteiger partial charge is 0.267 e. The second-order valence-electron chi connectivity index (χ2n) is 1.91. The molecule has 0 fully saturated rings. The summed E-state index contributed by atoms with van der Waals surface area (Å²) in [5.41, 5.74) is 5.50. The molecule has 56 valence electrons. The van der Waals surface area contributed by atoms with Gasteiger partial charge in [-0.15, -0.1) is 0 Å². The maximum Gasteiger partial charge on any atom is 0.267 e. The molecule has 1 aromatic rings. The molecule has 1 aromatic heterocycles. The van der Waals surface area contributed by atoms with Crippen LogP contribution in [0.15, 0.2) is 18.3 Å². The number of primary amides is 1. The van der Waals surface area contributed by atoms with Crippen molar-refractivity contribution in [2.24, 2.45) is 5.73 Å². The number of carbonyl (C=O) groups excluding carboxylic acids is 1. The first-order valence-electron chi connectivity index (χ1n) is 2.90. The van der Waals surface area contributed by atoms with Crippen LogP contribution in [0.5, 0.6) is 0 Å². The van der Waals surface area contributed by atoms with E-state index in [-0.39, 0.29) is 7.12 Å². The summed E-state index contributed by atoms with van der Waals surface area (Å²) < 4.78 is 0. The summed E-state index contributed by atoms with van der Waals surface area (Å²) >= 11 is 0. The molecule has 0 spiro atoms. The normalized spacial score (nSPS) is 8.64. The van der Waals surface area contributed by atoms with Crippen LogP contribution in [0, 0.1) is 11.3 Å². The number of hydrogen-bond acceptors (Lipinski definition) is 3. The highest BCUT2D eigenvalue weighted by Crippen LogP contribution is 1.96. The summed E-state index contributed by atoms with van der Waals surface area (Å²) in [5.74, 6) is -0.588. The Labute approximate surface area is 64.8 Å². The molecular weight excluding hydrogens is 142 g/mol. The number of nitrogens with zero attached hydrogens (tertiary/aromatic N) is 2. The predicted molar refractivity (Wildman–Crippen MR) is 39.6 cm³/mol. The van der Waals surface area contributed by atoms with Crippen molar-refractivity contribution in [3.05, 3.63) is 29.6 Å². The molecule has 0 saturated heterocycles. The van der Waals surface area contributed by atoms with Gasteiger partial charge >= 0.3 is 0 Å². The van der Waals surface area contributed by atoms with Crippen molar-refractivity contribution in [3.63, 3.8) is 0 Å².